The molecule has 1 atom stereocenters. The first-order valence-corrected chi connectivity index (χ1v) is 10.9. The summed E-state index contributed by atoms with van der Waals surface area (Å²) < 4.78 is 2.37. The third-order valence-corrected chi connectivity index (χ3v) is 6.46. The van der Waals surface area contributed by atoms with Crippen LogP contribution in [0.15, 0.2) is 102 Å². The maximum Gasteiger partial charge on any atom is 0.145 e. The van der Waals surface area contributed by atoms with Gasteiger partial charge in [-0.25, -0.2) is 4.98 Å². The van der Waals surface area contributed by atoms with Gasteiger partial charge in [-0.05, 0) is 23.6 Å². The molecule has 0 fully saturated rings. The van der Waals surface area contributed by atoms with Gasteiger partial charge in [0.25, 0.3) is 0 Å². The molecule has 1 N–H and O–H groups in total. The van der Waals surface area contributed by atoms with Gasteiger partial charge in [-0.2, -0.15) is 0 Å². The Morgan fingerprint density at radius 3 is 2.17 bits per heavy atom. The lowest BCUT2D eigenvalue weighted by Crippen LogP contribution is -2.24. The van der Waals surface area contributed by atoms with Gasteiger partial charge in [-0.1, -0.05) is 78.9 Å². The zero-order valence-corrected chi connectivity index (χ0v) is 17.0. The predicted octanol–water partition coefficient (Wildman–Crippen LogP) is 6.92. The van der Waals surface area contributed by atoms with Crippen molar-refractivity contribution in [1.29, 1.82) is 0 Å². The lowest BCUT2D eigenvalue weighted by molar-refractivity contribution is 0.667. The number of anilines is 1. The number of nitrogens with zero attached hydrogens (tertiary/aromatic N) is 2. The van der Waals surface area contributed by atoms with E-state index < -0.39 is 0 Å². The van der Waals surface area contributed by atoms with E-state index in [1.807, 2.05) is 6.07 Å². The number of thiophene rings is 1. The fraction of sp³-hybridized carbons (Fsp3) is 0.0385. The maximum atomic E-state index is 5.23. The topological polar surface area (TPSA) is 29.9 Å². The molecule has 0 saturated carbocycles. The second kappa shape index (κ2) is 7.01. The molecular formula is C26H19N3S. The highest BCUT2D eigenvalue weighted by molar-refractivity contribution is 7.10. The Bertz CT molecular complexity index is 1310. The number of nitrogens with one attached hydrogen (secondary N) is 1. The molecule has 4 heteroatoms. The summed E-state index contributed by atoms with van der Waals surface area (Å²) in [6.45, 7) is 0. The molecule has 3 nitrogen and oxygen atoms in total. The molecule has 0 spiro atoms. The lowest BCUT2D eigenvalue weighted by Gasteiger charge is -2.30. The molecule has 5 aromatic rings. The predicted molar refractivity (Wildman–Crippen MR) is 125 cm³/mol. The van der Waals surface area contributed by atoms with Crippen molar-refractivity contribution in [3.63, 3.8) is 0 Å². The second-order valence-corrected chi connectivity index (χ2v) is 8.32. The maximum absolute atomic E-state index is 5.23. The van der Waals surface area contributed by atoms with Crippen molar-refractivity contribution in [2.24, 2.45) is 0 Å². The van der Waals surface area contributed by atoms with Crippen LogP contribution >= 0.6 is 11.3 Å². The summed E-state index contributed by atoms with van der Waals surface area (Å²) in [6, 6.07) is 33.8. The smallest absolute Gasteiger partial charge is 0.145 e. The van der Waals surface area contributed by atoms with Gasteiger partial charge >= 0.3 is 0 Å². The molecule has 1 aliphatic rings. The fourth-order valence-corrected chi connectivity index (χ4v) is 4.97. The quantitative estimate of drug-likeness (QED) is 0.353. The molecule has 0 amide bonds. The van der Waals surface area contributed by atoms with E-state index in [0.717, 1.165) is 39.6 Å². The molecule has 0 saturated heterocycles. The summed E-state index contributed by atoms with van der Waals surface area (Å²) in [6.07, 6.45) is -0.00457. The zero-order chi connectivity index (χ0) is 19.9. The number of benzene rings is 3. The molecule has 144 valence electrons. The minimum absolute atomic E-state index is 0.00457. The largest absolute Gasteiger partial charge is 0.360 e. The summed E-state index contributed by atoms with van der Waals surface area (Å²) in [5, 5.41) is 5.90. The number of imidazole rings is 1. The number of para-hydroxylation sites is 1. The van der Waals surface area contributed by atoms with E-state index in [2.05, 4.69) is 106 Å². The molecule has 0 aliphatic carbocycles. The van der Waals surface area contributed by atoms with E-state index in [0.29, 0.717) is 0 Å². The van der Waals surface area contributed by atoms with Crippen LogP contribution in [0.1, 0.15) is 11.0 Å². The van der Waals surface area contributed by atoms with Crippen LogP contribution in [0.2, 0.25) is 0 Å². The molecule has 0 bridgehead atoms. The van der Waals surface area contributed by atoms with E-state index in [1.54, 1.807) is 11.3 Å². The lowest BCUT2D eigenvalue weighted by atomic mass is 10.0. The van der Waals surface area contributed by atoms with Crippen LogP contribution in [0, 0.1) is 0 Å². The number of fused-ring (bicyclic) bond motifs is 3. The standard InChI is InChI=1S/C26H19N3S/c1-3-10-18(11-4-1)23-24(19-12-5-2-6-13-19)29-25(28-23)20-14-7-8-15-21(20)27-26(29)22-16-9-17-30-22/h1-17,26-27H. The van der Waals surface area contributed by atoms with Crippen molar-refractivity contribution < 1.29 is 0 Å². The van der Waals surface area contributed by atoms with Crippen molar-refractivity contribution in [2.45, 2.75) is 6.17 Å². The normalized spacial score (nSPS) is 14.6. The summed E-state index contributed by atoms with van der Waals surface area (Å²) >= 11 is 1.77. The van der Waals surface area contributed by atoms with Gasteiger partial charge in [-0.15, -0.1) is 11.3 Å². The number of rotatable bonds is 3. The Kier molecular flexibility index (Phi) is 4.03. The van der Waals surface area contributed by atoms with E-state index in [9.17, 15) is 0 Å². The second-order valence-electron chi connectivity index (χ2n) is 7.34. The van der Waals surface area contributed by atoms with Gasteiger partial charge in [0.05, 0.1) is 11.4 Å². The Morgan fingerprint density at radius 1 is 0.733 bits per heavy atom. The van der Waals surface area contributed by atoms with Crippen LogP contribution in [-0.4, -0.2) is 9.55 Å². The van der Waals surface area contributed by atoms with Crippen LogP contribution in [0.3, 0.4) is 0 Å². The molecule has 6 rings (SSSR count). The van der Waals surface area contributed by atoms with Crippen LogP contribution < -0.4 is 5.32 Å². The first kappa shape index (κ1) is 17.2. The molecule has 3 aromatic carbocycles. The van der Waals surface area contributed by atoms with Crippen molar-refractivity contribution in [2.75, 3.05) is 5.32 Å². The first-order valence-electron chi connectivity index (χ1n) is 10.0. The van der Waals surface area contributed by atoms with Crippen LogP contribution in [0.5, 0.6) is 0 Å². The molecule has 1 unspecified atom stereocenters. The minimum Gasteiger partial charge on any atom is -0.360 e. The van der Waals surface area contributed by atoms with E-state index in [4.69, 9.17) is 4.98 Å². The fourth-order valence-electron chi connectivity index (χ4n) is 4.20. The third-order valence-electron chi connectivity index (χ3n) is 5.54. The third kappa shape index (κ3) is 2.69. The highest BCUT2D eigenvalue weighted by Crippen LogP contribution is 2.45. The van der Waals surface area contributed by atoms with Gasteiger partial charge in [-0.3, -0.25) is 4.57 Å². The van der Waals surface area contributed by atoms with Gasteiger partial charge in [0.15, 0.2) is 0 Å². The van der Waals surface area contributed by atoms with Gasteiger partial charge in [0.2, 0.25) is 0 Å². The van der Waals surface area contributed by atoms with E-state index in [1.165, 1.54) is 4.88 Å². The molecule has 30 heavy (non-hydrogen) atoms. The summed E-state index contributed by atoms with van der Waals surface area (Å²) in [4.78, 5) is 6.49. The first-order chi connectivity index (χ1) is 14.9. The minimum atomic E-state index is -0.00457. The molecular weight excluding hydrogens is 386 g/mol. The SMILES string of the molecule is c1ccc(-c2nc3n(c2-c2ccccc2)C(c2cccs2)Nc2ccccc2-3)cc1. The molecule has 1 aliphatic heterocycles. The zero-order valence-electron chi connectivity index (χ0n) is 16.2. The molecule has 2 aromatic heterocycles. The van der Waals surface area contributed by atoms with Crippen molar-refractivity contribution in [3.05, 3.63) is 107 Å². The Balaban J connectivity index is 1.71. The highest BCUT2D eigenvalue weighted by atomic mass is 32.1. The van der Waals surface area contributed by atoms with Crippen LogP contribution in [-0.2, 0) is 0 Å². The number of aromatic nitrogens is 2. The monoisotopic (exact) mass is 405 g/mol. The number of hydrogen-bond donors (Lipinski definition) is 1. The summed E-state index contributed by atoms with van der Waals surface area (Å²) in [5.41, 5.74) is 6.69. The van der Waals surface area contributed by atoms with E-state index in [-0.39, 0.29) is 6.17 Å². The molecule has 0 radical (unpaired) electrons. The van der Waals surface area contributed by atoms with Gasteiger partial charge in [0.1, 0.15) is 12.0 Å². The van der Waals surface area contributed by atoms with Crippen LogP contribution in [0.4, 0.5) is 5.69 Å². The van der Waals surface area contributed by atoms with Crippen molar-refractivity contribution in [1.82, 2.24) is 9.55 Å². The van der Waals surface area contributed by atoms with Crippen molar-refractivity contribution in [3.8, 4) is 33.9 Å². The van der Waals surface area contributed by atoms with Gasteiger partial charge in [0, 0.05) is 27.3 Å². The van der Waals surface area contributed by atoms with E-state index >= 15 is 0 Å². The average molecular weight is 406 g/mol. The van der Waals surface area contributed by atoms with Gasteiger partial charge < -0.3 is 5.32 Å². The Morgan fingerprint density at radius 2 is 1.43 bits per heavy atom. The summed E-state index contributed by atoms with van der Waals surface area (Å²) in [7, 11) is 0. The molecule has 3 heterocycles. The summed E-state index contributed by atoms with van der Waals surface area (Å²) in [5.74, 6) is 1.00. The Labute approximate surface area is 179 Å². The number of hydrogen-bond acceptors (Lipinski definition) is 3. The Hall–Kier alpha value is -3.63. The van der Waals surface area contributed by atoms with Crippen molar-refractivity contribution >= 4 is 17.0 Å². The average Bonchev–Trinajstić information content (AvgIpc) is 3.48. The highest BCUT2D eigenvalue weighted by Gasteiger charge is 2.32. The van der Waals surface area contributed by atoms with Crippen LogP contribution in [0.25, 0.3) is 33.9 Å².